The Hall–Kier alpha value is -2.90. The first-order valence-electron chi connectivity index (χ1n) is 11.0. The molecule has 0 radical (unpaired) electrons. The first kappa shape index (κ1) is 22.3. The lowest BCUT2D eigenvalue weighted by atomic mass is 10.2. The topological polar surface area (TPSA) is 54.9 Å². The van der Waals surface area contributed by atoms with Crippen LogP contribution in [0.1, 0.15) is 33.9 Å². The van der Waals surface area contributed by atoms with Gasteiger partial charge in [-0.3, -0.25) is 4.79 Å². The molecule has 168 valence electrons. The summed E-state index contributed by atoms with van der Waals surface area (Å²) in [6, 6.07) is 17.0. The number of methoxy groups -OCH3 is 1. The van der Waals surface area contributed by atoms with Crippen molar-refractivity contribution in [3.63, 3.8) is 0 Å². The molecule has 7 heteroatoms. The molecule has 2 aromatic carbocycles. The zero-order chi connectivity index (χ0) is 22.2. The Kier molecular flexibility index (Phi) is 7.74. The molecule has 1 fully saturated rings. The summed E-state index contributed by atoms with van der Waals surface area (Å²) in [7, 11) is 1.63. The van der Waals surface area contributed by atoms with Crippen molar-refractivity contribution in [3.05, 3.63) is 76.2 Å². The summed E-state index contributed by atoms with van der Waals surface area (Å²) in [4.78, 5) is 22.3. The van der Waals surface area contributed by atoms with Crippen molar-refractivity contribution in [3.8, 4) is 11.5 Å². The third-order valence-corrected chi connectivity index (χ3v) is 6.44. The maximum Gasteiger partial charge on any atom is 0.254 e. The summed E-state index contributed by atoms with van der Waals surface area (Å²) in [5.41, 5.74) is 1.56. The highest BCUT2D eigenvalue weighted by molar-refractivity contribution is 7.09. The number of benzene rings is 2. The lowest BCUT2D eigenvalue weighted by Crippen LogP contribution is -2.37. The van der Waals surface area contributed by atoms with Crippen LogP contribution in [0.5, 0.6) is 11.5 Å². The van der Waals surface area contributed by atoms with E-state index < -0.39 is 0 Å². The van der Waals surface area contributed by atoms with E-state index in [4.69, 9.17) is 14.5 Å². The fourth-order valence-electron chi connectivity index (χ4n) is 3.78. The van der Waals surface area contributed by atoms with Gasteiger partial charge < -0.3 is 19.3 Å². The lowest BCUT2D eigenvalue weighted by molar-refractivity contribution is 0.0725. The predicted octanol–water partition coefficient (Wildman–Crippen LogP) is 4.47. The number of hydrogen-bond acceptors (Lipinski definition) is 6. The van der Waals surface area contributed by atoms with Gasteiger partial charge in [-0.25, -0.2) is 4.98 Å². The normalized spacial score (nSPS) is 13.8. The first-order chi connectivity index (χ1) is 15.7. The van der Waals surface area contributed by atoms with Gasteiger partial charge in [-0.15, -0.1) is 11.3 Å². The minimum absolute atomic E-state index is 0.0157. The van der Waals surface area contributed by atoms with E-state index in [0.29, 0.717) is 25.3 Å². The third kappa shape index (κ3) is 6.08. The highest BCUT2D eigenvalue weighted by Gasteiger charge is 2.20. The van der Waals surface area contributed by atoms with Gasteiger partial charge in [0.05, 0.1) is 19.3 Å². The fourth-order valence-corrected chi connectivity index (χ4v) is 4.48. The SMILES string of the molecule is COc1ccc(C(=O)N(CCN2CCCC2)Cc2csc(COc3ccccc3)n2)cc1. The van der Waals surface area contributed by atoms with Crippen molar-refractivity contribution >= 4 is 17.2 Å². The highest BCUT2D eigenvalue weighted by atomic mass is 32.1. The van der Waals surface area contributed by atoms with Crippen LogP contribution in [0.2, 0.25) is 0 Å². The maximum absolute atomic E-state index is 13.3. The number of hydrogen-bond donors (Lipinski definition) is 0. The number of carbonyl (C=O) groups excluding carboxylic acids is 1. The van der Waals surface area contributed by atoms with Gasteiger partial charge in [0, 0.05) is 24.0 Å². The molecular formula is C25H29N3O3S. The molecule has 2 heterocycles. The number of ether oxygens (including phenoxy) is 2. The van der Waals surface area contributed by atoms with Crippen LogP contribution >= 0.6 is 11.3 Å². The molecule has 0 aliphatic carbocycles. The van der Waals surface area contributed by atoms with Gasteiger partial charge in [-0.1, -0.05) is 18.2 Å². The lowest BCUT2D eigenvalue weighted by Gasteiger charge is -2.25. The van der Waals surface area contributed by atoms with Gasteiger partial charge in [-0.05, 0) is 62.3 Å². The van der Waals surface area contributed by atoms with Gasteiger partial charge in [0.1, 0.15) is 23.1 Å². The molecule has 1 aliphatic heterocycles. The average molecular weight is 452 g/mol. The van der Waals surface area contributed by atoms with Crippen LogP contribution in [-0.4, -0.2) is 54.0 Å². The maximum atomic E-state index is 13.3. The summed E-state index contributed by atoms with van der Waals surface area (Å²) in [6.45, 7) is 4.70. The van der Waals surface area contributed by atoms with Crippen molar-refractivity contribution < 1.29 is 14.3 Å². The van der Waals surface area contributed by atoms with Gasteiger partial charge in [0.2, 0.25) is 0 Å². The van der Waals surface area contributed by atoms with E-state index >= 15 is 0 Å². The zero-order valence-corrected chi connectivity index (χ0v) is 19.2. The van der Waals surface area contributed by atoms with E-state index in [9.17, 15) is 4.79 Å². The van der Waals surface area contributed by atoms with Crippen LogP contribution < -0.4 is 9.47 Å². The molecule has 3 aromatic rings. The molecule has 0 saturated carbocycles. The van der Waals surface area contributed by atoms with Crippen LogP contribution in [-0.2, 0) is 13.2 Å². The molecule has 0 atom stereocenters. The summed E-state index contributed by atoms with van der Waals surface area (Å²) in [6.07, 6.45) is 2.48. The highest BCUT2D eigenvalue weighted by Crippen LogP contribution is 2.19. The van der Waals surface area contributed by atoms with Crippen LogP contribution in [0.4, 0.5) is 0 Å². The van der Waals surface area contributed by atoms with E-state index in [0.717, 1.165) is 41.8 Å². The van der Waals surface area contributed by atoms with Crippen molar-refractivity contribution in [2.75, 3.05) is 33.3 Å². The summed E-state index contributed by atoms with van der Waals surface area (Å²) in [5.74, 6) is 1.58. The molecule has 32 heavy (non-hydrogen) atoms. The van der Waals surface area contributed by atoms with Crippen molar-refractivity contribution in [2.45, 2.75) is 26.0 Å². The molecule has 1 aliphatic rings. The predicted molar refractivity (Wildman–Crippen MR) is 126 cm³/mol. The zero-order valence-electron chi connectivity index (χ0n) is 18.4. The molecule has 4 rings (SSSR count). The van der Waals surface area contributed by atoms with Crippen molar-refractivity contribution in [1.29, 1.82) is 0 Å². The van der Waals surface area contributed by atoms with E-state index in [1.165, 1.54) is 12.8 Å². The number of thiazole rings is 1. The molecule has 1 aromatic heterocycles. The van der Waals surface area contributed by atoms with E-state index in [-0.39, 0.29) is 5.91 Å². The molecule has 0 N–H and O–H groups in total. The third-order valence-electron chi connectivity index (χ3n) is 5.57. The van der Waals surface area contributed by atoms with Crippen LogP contribution in [0, 0.1) is 0 Å². The smallest absolute Gasteiger partial charge is 0.254 e. The average Bonchev–Trinajstić information content (AvgIpc) is 3.53. The second kappa shape index (κ2) is 11.1. The molecular weight excluding hydrogens is 422 g/mol. The number of carbonyl (C=O) groups is 1. The molecule has 1 amide bonds. The van der Waals surface area contributed by atoms with Crippen LogP contribution in [0.3, 0.4) is 0 Å². The number of likely N-dealkylation sites (tertiary alicyclic amines) is 1. The van der Waals surface area contributed by atoms with Crippen LogP contribution in [0.25, 0.3) is 0 Å². The summed E-state index contributed by atoms with van der Waals surface area (Å²) >= 11 is 1.57. The Balaban J connectivity index is 1.41. The Morgan fingerprint density at radius 1 is 1.06 bits per heavy atom. The van der Waals surface area contributed by atoms with Crippen molar-refractivity contribution in [1.82, 2.24) is 14.8 Å². The number of aromatic nitrogens is 1. The Labute approximate surface area is 193 Å². The van der Waals surface area contributed by atoms with E-state index in [1.54, 1.807) is 18.4 Å². The fraction of sp³-hybridized carbons (Fsp3) is 0.360. The number of rotatable bonds is 10. The minimum Gasteiger partial charge on any atom is -0.497 e. The number of nitrogens with zero attached hydrogens (tertiary/aromatic N) is 3. The second-order valence-corrected chi connectivity index (χ2v) is 8.78. The monoisotopic (exact) mass is 451 g/mol. The molecule has 0 unspecified atom stereocenters. The molecule has 6 nitrogen and oxygen atoms in total. The van der Waals surface area contributed by atoms with Gasteiger partial charge in [0.15, 0.2) is 0 Å². The quantitative estimate of drug-likeness (QED) is 0.455. The molecule has 1 saturated heterocycles. The van der Waals surface area contributed by atoms with Gasteiger partial charge >= 0.3 is 0 Å². The van der Waals surface area contributed by atoms with E-state index in [1.807, 2.05) is 64.9 Å². The molecule has 0 spiro atoms. The largest absolute Gasteiger partial charge is 0.497 e. The summed E-state index contributed by atoms with van der Waals surface area (Å²) in [5, 5.41) is 2.92. The second-order valence-electron chi connectivity index (χ2n) is 7.84. The van der Waals surface area contributed by atoms with Crippen molar-refractivity contribution in [2.24, 2.45) is 0 Å². The molecule has 0 bridgehead atoms. The Morgan fingerprint density at radius 3 is 2.53 bits per heavy atom. The van der Waals surface area contributed by atoms with Gasteiger partial charge in [0.25, 0.3) is 5.91 Å². The minimum atomic E-state index is 0.0157. The van der Waals surface area contributed by atoms with Crippen LogP contribution in [0.15, 0.2) is 60.0 Å². The Bertz CT molecular complexity index is 985. The summed E-state index contributed by atoms with van der Waals surface area (Å²) < 4.78 is 11.0. The standard InChI is InChI=1S/C25H29N3O3S/c1-30-22-11-9-20(10-12-22)25(29)28(16-15-27-13-5-6-14-27)17-21-19-32-24(26-21)18-31-23-7-3-2-4-8-23/h2-4,7-12,19H,5-6,13-18H2,1H3. The number of para-hydroxylation sites is 1. The number of amides is 1. The van der Waals surface area contributed by atoms with Gasteiger partial charge in [-0.2, -0.15) is 0 Å². The Morgan fingerprint density at radius 2 is 1.81 bits per heavy atom. The van der Waals surface area contributed by atoms with E-state index in [2.05, 4.69) is 4.90 Å². The first-order valence-corrected chi connectivity index (χ1v) is 11.9.